The Labute approximate surface area is 114 Å². The predicted molar refractivity (Wildman–Crippen MR) is 70.3 cm³/mol. The van der Waals surface area contributed by atoms with Crippen LogP contribution in [-0.2, 0) is 10.0 Å². The second-order valence-corrected chi connectivity index (χ2v) is 5.55. The molecule has 0 aliphatic rings. The van der Waals surface area contributed by atoms with Gasteiger partial charge in [-0.25, -0.2) is 12.8 Å². The largest absolute Gasteiger partial charge is 0.280 e. The Bertz CT molecular complexity index is 727. The molecule has 0 aromatic heterocycles. The third-order valence-electron chi connectivity index (χ3n) is 2.45. The first-order valence-electron chi connectivity index (χ1n) is 5.41. The first-order chi connectivity index (χ1) is 9.38. The number of hydrogen-bond donors (Lipinski definition) is 1. The molecule has 6 nitrogen and oxygen atoms in total. The fourth-order valence-corrected chi connectivity index (χ4v) is 2.54. The van der Waals surface area contributed by atoms with E-state index < -0.39 is 20.8 Å². The van der Waals surface area contributed by atoms with Gasteiger partial charge in [0.15, 0.2) is 0 Å². The maximum absolute atomic E-state index is 12.7. The van der Waals surface area contributed by atoms with Crippen LogP contribution in [0.1, 0.15) is 0 Å². The number of nitro groups is 1. The molecule has 1 N–H and O–H groups in total. The molecule has 0 spiro atoms. The number of nitrogens with zero attached hydrogens (tertiary/aromatic N) is 1. The number of non-ortho nitro benzene ring substituents is 1. The van der Waals surface area contributed by atoms with Crippen molar-refractivity contribution in [3.63, 3.8) is 0 Å². The van der Waals surface area contributed by atoms with Crippen molar-refractivity contribution in [1.82, 2.24) is 0 Å². The lowest BCUT2D eigenvalue weighted by Crippen LogP contribution is -2.12. The van der Waals surface area contributed by atoms with Crippen LogP contribution in [0.5, 0.6) is 0 Å². The molecule has 0 saturated carbocycles. The Balaban J connectivity index is 2.26. The van der Waals surface area contributed by atoms with E-state index in [0.717, 1.165) is 36.4 Å². The van der Waals surface area contributed by atoms with Crippen LogP contribution in [0, 0.1) is 15.9 Å². The van der Waals surface area contributed by atoms with E-state index >= 15 is 0 Å². The summed E-state index contributed by atoms with van der Waals surface area (Å²) in [7, 11) is -3.86. The molecule has 104 valence electrons. The van der Waals surface area contributed by atoms with Gasteiger partial charge in [0.2, 0.25) is 0 Å². The van der Waals surface area contributed by atoms with Crippen molar-refractivity contribution in [3.05, 3.63) is 64.5 Å². The molecule has 8 heteroatoms. The van der Waals surface area contributed by atoms with Gasteiger partial charge in [-0.2, -0.15) is 0 Å². The highest BCUT2D eigenvalue weighted by Crippen LogP contribution is 2.19. The van der Waals surface area contributed by atoms with Gasteiger partial charge in [0.25, 0.3) is 15.7 Å². The van der Waals surface area contributed by atoms with E-state index in [0.29, 0.717) is 0 Å². The molecule has 0 aliphatic heterocycles. The fourth-order valence-electron chi connectivity index (χ4n) is 1.48. The van der Waals surface area contributed by atoms with E-state index in [-0.39, 0.29) is 16.3 Å². The van der Waals surface area contributed by atoms with Crippen molar-refractivity contribution >= 4 is 21.4 Å². The minimum Gasteiger partial charge on any atom is -0.280 e. The molecule has 2 aromatic rings. The van der Waals surface area contributed by atoms with Crippen LogP contribution in [0.2, 0.25) is 0 Å². The SMILES string of the molecule is O=[N+]([O-])c1ccc(S(=O)(=O)Nc2ccc(F)cc2)cc1. The normalized spacial score (nSPS) is 11.1. The van der Waals surface area contributed by atoms with Crippen LogP contribution in [0.25, 0.3) is 0 Å². The average Bonchev–Trinajstić information content (AvgIpc) is 2.41. The predicted octanol–water partition coefficient (Wildman–Crippen LogP) is 2.53. The number of benzene rings is 2. The van der Waals surface area contributed by atoms with Crippen molar-refractivity contribution in [2.24, 2.45) is 0 Å². The summed E-state index contributed by atoms with van der Waals surface area (Å²) >= 11 is 0. The zero-order chi connectivity index (χ0) is 14.8. The summed E-state index contributed by atoms with van der Waals surface area (Å²) in [5.41, 5.74) is -0.00418. The van der Waals surface area contributed by atoms with Crippen molar-refractivity contribution < 1.29 is 17.7 Å². The van der Waals surface area contributed by atoms with Crippen LogP contribution in [0.15, 0.2) is 53.4 Å². The van der Waals surface area contributed by atoms with Crippen molar-refractivity contribution in [3.8, 4) is 0 Å². The van der Waals surface area contributed by atoms with Crippen molar-refractivity contribution in [2.75, 3.05) is 4.72 Å². The fraction of sp³-hybridized carbons (Fsp3) is 0. The Morgan fingerprint density at radius 3 is 2.05 bits per heavy atom. The van der Waals surface area contributed by atoms with E-state index in [4.69, 9.17) is 0 Å². The highest BCUT2D eigenvalue weighted by molar-refractivity contribution is 7.92. The minimum atomic E-state index is -3.86. The van der Waals surface area contributed by atoms with Crippen molar-refractivity contribution in [1.29, 1.82) is 0 Å². The zero-order valence-electron chi connectivity index (χ0n) is 9.99. The van der Waals surface area contributed by atoms with Gasteiger partial charge in [-0.15, -0.1) is 0 Å². The summed E-state index contributed by atoms with van der Waals surface area (Å²) in [5, 5.41) is 10.5. The molecular formula is C12H9FN2O4S. The summed E-state index contributed by atoms with van der Waals surface area (Å²) in [6, 6.07) is 9.24. The first-order valence-corrected chi connectivity index (χ1v) is 6.90. The molecule has 0 aliphatic carbocycles. The van der Waals surface area contributed by atoms with Gasteiger partial charge in [-0.1, -0.05) is 0 Å². The Morgan fingerprint density at radius 2 is 1.55 bits per heavy atom. The van der Waals surface area contributed by atoms with Crippen LogP contribution < -0.4 is 4.72 Å². The highest BCUT2D eigenvalue weighted by Gasteiger charge is 2.15. The summed E-state index contributed by atoms with van der Waals surface area (Å²) in [6.45, 7) is 0. The molecule has 0 bridgehead atoms. The van der Waals surface area contributed by atoms with Gasteiger partial charge < -0.3 is 0 Å². The Kier molecular flexibility index (Phi) is 3.66. The lowest BCUT2D eigenvalue weighted by molar-refractivity contribution is -0.384. The van der Waals surface area contributed by atoms with E-state index in [1.165, 1.54) is 12.1 Å². The van der Waals surface area contributed by atoms with Gasteiger partial charge in [0.1, 0.15) is 5.82 Å². The molecule has 0 fully saturated rings. The molecule has 20 heavy (non-hydrogen) atoms. The van der Waals surface area contributed by atoms with Gasteiger partial charge in [0.05, 0.1) is 9.82 Å². The molecule has 2 aromatic carbocycles. The molecule has 0 radical (unpaired) electrons. The van der Waals surface area contributed by atoms with Crippen LogP contribution in [0.4, 0.5) is 15.8 Å². The van der Waals surface area contributed by atoms with Gasteiger partial charge in [0, 0.05) is 17.8 Å². The molecule has 0 unspecified atom stereocenters. The summed E-state index contributed by atoms with van der Waals surface area (Å²) in [5.74, 6) is -0.483. The third-order valence-corrected chi connectivity index (χ3v) is 3.85. The van der Waals surface area contributed by atoms with E-state index in [2.05, 4.69) is 4.72 Å². The third kappa shape index (κ3) is 3.09. The standard InChI is InChI=1S/C12H9FN2O4S/c13-9-1-3-10(4-2-9)14-20(18,19)12-7-5-11(6-8-12)15(16)17/h1-8,14H. The lowest BCUT2D eigenvalue weighted by atomic mass is 10.3. The second kappa shape index (κ2) is 5.25. The van der Waals surface area contributed by atoms with E-state index in [1.54, 1.807) is 0 Å². The van der Waals surface area contributed by atoms with Gasteiger partial charge in [-0.3, -0.25) is 14.8 Å². The molecule has 0 amide bonds. The lowest BCUT2D eigenvalue weighted by Gasteiger charge is -2.07. The van der Waals surface area contributed by atoms with E-state index in [1.807, 2.05) is 0 Å². The number of halogens is 1. The maximum Gasteiger partial charge on any atom is 0.269 e. The average molecular weight is 296 g/mol. The Morgan fingerprint density at radius 1 is 1.00 bits per heavy atom. The first kappa shape index (κ1) is 13.9. The molecule has 0 saturated heterocycles. The monoisotopic (exact) mass is 296 g/mol. The summed E-state index contributed by atoms with van der Waals surface area (Å²) in [4.78, 5) is 9.75. The minimum absolute atomic E-state index is 0.118. The van der Waals surface area contributed by atoms with Gasteiger partial charge in [-0.05, 0) is 36.4 Å². The number of sulfonamides is 1. The van der Waals surface area contributed by atoms with E-state index in [9.17, 15) is 22.9 Å². The Hall–Kier alpha value is -2.48. The number of rotatable bonds is 4. The number of nitro benzene ring substituents is 1. The number of anilines is 1. The number of hydrogen-bond acceptors (Lipinski definition) is 4. The van der Waals surface area contributed by atoms with Gasteiger partial charge >= 0.3 is 0 Å². The van der Waals surface area contributed by atoms with Crippen molar-refractivity contribution in [2.45, 2.75) is 4.90 Å². The smallest absolute Gasteiger partial charge is 0.269 e. The number of nitrogens with one attached hydrogen (secondary N) is 1. The topological polar surface area (TPSA) is 89.3 Å². The van der Waals surface area contributed by atoms with Crippen LogP contribution in [0.3, 0.4) is 0 Å². The highest BCUT2D eigenvalue weighted by atomic mass is 32.2. The van der Waals surface area contributed by atoms with Crippen LogP contribution >= 0.6 is 0 Å². The molecule has 2 rings (SSSR count). The molecular weight excluding hydrogens is 287 g/mol. The second-order valence-electron chi connectivity index (χ2n) is 3.86. The summed E-state index contributed by atoms with van der Waals surface area (Å²) < 4.78 is 39.0. The quantitative estimate of drug-likeness (QED) is 0.693. The zero-order valence-corrected chi connectivity index (χ0v) is 10.8. The maximum atomic E-state index is 12.7. The summed E-state index contributed by atoms with van der Waals surface area (Å²) in [6.07, 6.45) is 0. The van der Waals surface area contributed by atoms with Crippen LogP contribution in [-0.4, -0.2) is 13.3 Å². The molecule has 0 heterocycles. The molecule has 0 atom stereocenters.